The first-order valence-electron chi connectivity index (χ1n) is 5.46. The Kier molecular flexibility index (Phi) is 4.09. The molecule has 2 atom stereocenters. The maximum atomic E-state index is 5.99. The molecule has 0 spiro atoms. The zero-order chi connectivity index (χ0) is 11.7. The van der Waals surface area contributed by atoms with Crippen molar-refractivity contribution in [3.8, 4) is 0 Å². The summed E-state index contributed by atoms with van der Waals surface area (Å²) in [6.07, 6.45) is 4.81. The summed E-state index contributed by atoms with van der Waals surface area (Å²) in [5.74, 6) is 1.94. The van der Waals surface area contributed by atoms with Gasteiger partial charge in [-0.1, -0.05) is 43.0 Å². The molecule has 1 aromatic heterocycles. The fourth-order valence-electron chi connectivity index (χ4n) is 2.26. The zero-order valence-electron chi connectivity index (χ0n) is 9.01. The first kappa shape index (κ1) is 12.6. The molecule has 16 heavy (non-hydrogen) atoms. The van der Waals surface area contributed by atoms with E-state index >= 15 is 0 Å². The number of aromatic nitrogens is 2. The minimum atomic E-state index is 0.409. The van der Waals surface area contributed by atoms with Crippen LogP contribution >= 0.6 is 39.1 Å². The van der Waals surface area contributed by atoms with Gasteiger partial charge < -0.3 is 0 Å². The van der Waals surface area contributed by atoms with Crippen LogP contribution in [0.4, 0.5) is 0 Å². The Labute approximate surface area is 114 Å². The molecule has 0 radical (unpaired) electrons. The van der Waals surface area contributed by atoms with Crippen LogP contribution < -0.4 is 0 Å². The molecule has 0 amide bonds. The van der Waals surface area contributed by atoms with E-state index in [1.54, 1.807) is 0 Å². The van der Waals surface area contributed by atoms with E-state index < -0.39 is 0 Å². The molecule has 1 aromatic rings. The highest BCUT2D eigenvalue weighted by Gasteiger charge is 2.24. The van der Waals surface area contributed by atoms with E-state index in [4.69, 9.17) is 23.2 Å². The number of halogens is 3. The van der Waals surface area contributed by atoms with Crippen molar-refractivity contribution in [1.29, 1.82) is 0 Å². The fraction of sp³-hybridized carbons (Fsp3) is 0.636. The molecule has 2 nitrogen and oxygen atoms in total. The molecule has 0 saturated heterocycles. The van der Waals surface area contributed by atoms with Gasteiger partial charge in [-0.25, -0.2) is 9.97 Å². The Morgan fingerprint density at radius 2 is 1.81 bits per heavy atom. The molecule has 88 valence electrons. The maximum absolute atomic E-state index is 5.99. The molecule has 0 bridgehead atoms. The summed E-state index contributed by atoms with van der Waals surface area (Å²) >= 11 is 15.2. The van der Waals surface area contributed by atoms with Crippen molar-refractivity contribution in [1.82, 2.24) is 9.97 Å². The molecule has 2 rings (SSSR count). The predicted octanol–water partition coefficient (Wildman–Crippen LogP) is 4.84. The third kappa shape index (κ3) is 2.69. The highest BCUT2D eigenvalue weighted by Crippen LogP contribution is 2.36. The normalized spacial score (nSPS) is 25.8. The maximum Gasteiger partial charge on any atom is 0.148 e. The summed E-state index contributed by atoms with van der Waals surface area (Å²) in [4.78, 5) is 8.63. The molecule has 0 N–H and O–H groups in total. The van der Waals surface area contributed by atoms with Gasteiger partial charge in [0, 0.05) is 5.92 Å². The van der Waals surface area contributed by atoms with Crippen LogP contribution in [0.15, 0.2) is 4.47 Å². The van der Waals surface area contributed by atoms with Gasteiger partial charge >= 0.3 is 0 Å². The quantitative estimate of drug-likeness (QED) is 0.691. The summed E-state index contributed by atoms with van der Waals surface area (Å²) in [6.45, 7) is 2.27. The summed E-state index contributed by atoms with van der Waals surface area (Å²) in [6, 6.07) is 0. The summed E-state index contributed by atoms with van der Waals surface area (Å²) in [5, 5.41) is 0.821. The average Bonchev–Trinajstić information content (AvgIpc) is 2.25. The van der Waals surface area contributed by atoms with Gasteiger partial charge in [0.2, 0.25) is 0 Å². The van der Waals surface area contributed by atoms with E-state index in [9.17, 15) is 0 Å². The van der Waals surface area contributed by atoms with Crippen molar-refractivity contribution < 1.29 is 0 Å². The fourth-order valence-corrected chi connectivity index (χ4v) is 2.84. The largest absolute Gasteiger partial charge is 0.220 e. The molecule has 5 heteroatoms. The molecule has 1 aliphatic rings. The Bertz CT molecular complexity index is 375. The minimum Gasteiger partial charge on any atom is -0.220 e. The van der Waals surface area contributed by atoms with Crippen LogP contribution in [0.3, 0.4) is 0 Å². The molecule has 1 saturated carbocycles. The van der Waals surface area contributed by atoms with Gasteiger partial charge in [0.05, 0.1) is 4.47 Å². The number of hydrogen-bond donors (Lipinski definition) is 0. The monoisotopic (exact) mass is 322 g/mol. The van der Waals surface area contributed by atoms with Gasteiger partial charge in [-0.15, -0.1) is 0 Å². The average molecular weight is 324 g/mol. The lowest BCUT2D eigenvalue weighted by Gasteiger charge is -2.25. The molecular weight excluding hydrogens is 311 g/mol. The lowest BCUT2D eigenvalue weighted by Crippen LogP contribution is -2.14. The SMILES string of the molecule is CC1CCCC(c2nc(Cl)c(Br)c(Cl)n2)C1. The van der Waals surface area contributed by atoms with Crippen molar-refractivity contribution in [2.45, 2.75) is 38.5 Å². The highest BCUT2D eigenvalue weighted by atomic mass is 79.9. The van der Waals surface area contributed by atoms with E-state index in [2.05, 4.69) is 32.8 Å². The number of rotatable bonds is 1. The van der Waals surface area contributed by atoms with Crippen molar-refractivity contribution in [2.75, 3.05) is 0 Å². The first-order valence-corrected chi connectivity index (χ1v) is 7.01. The van der Waals surface area contributed by atoms with Crippen molar-refractivity contribution >= 4 is 39.1 Å². The molecular formula is C11H13BrCl2N2. The minimum absolute atomic E-state index is 0.409. The second kappa shape index (κ2) is 5.19. The first-order chi connectivity index (χ1) is 7.58. The topological polar surface area (TPSA) is 25.8 Å². The molecule has 0 aliphatic heterocycles. The third-order valence-corrected chi connectivity index (χ3v) is 4.84. The second-order valence-electron chi connectivity index (χ2n) is 4.45. The van der Waals surface area contributed by atoms with Crippen LogP contribution in [0.5, 0.6) is 0 Å². The predicted molar refractivity (Wildman–Crippen MR) is 70.1 cm³/mol. The highest BCUT2D eigenvalue weighted by molar-refractivity contribution is 9.10. The number of nitrogens with zero attached hydrogens (tertiary/aromatic N) is 2. The Hall–Kier alpha value is 0.140. The summed E-state index contributed by atoms with van der Waals surface area (Å²) < 4.78 is 0.587. The lowest BCUT2D eigenvalue weighted by atomic mass is 9.82. The van der Waals surface area contributed by atoms with Gasteiger partial charge in [0.25, 0.3) is 0 Å². The zero-order valence-corrected chi connectivity index (χ0v) is 12.1. The molecule has 1 fully saturated rings. The molecule has 1 aliphatic carbocycles. The van der Waals surface area contributed by atoms with Crippen molar-refractivity contribution in [3.63, 3.8) is 0 Å². The third-order valence-electron chi connectivity index (χ3n) is 3.09. The van der Waals surface area contributed by atoms with Crippen LogP contribution in [-0.4, -0.2) is 9.97 Å². The van der Waals surface area contributed by atoms with Crippen LogP contribution in [0.2, 0.25) is 10.3 Å². The van der Waals surface area contributed by atoms with Gasteiger partial charge in [-0.3, -0.25) is 0 Å². The smallest absolute Gasteiger partial charge is 0.148 e. The summed E-state index contributed by atoms with van der Waals surface area (Å²) in [5.41, 5.74) is 0. The van der Waals surface area contributed by atoms with Gasteiger partial charge in [0.1, 0.15) is 16.1 Å². The molecule has 1 heterocycles. The Balaban J connectivity index is 2.26. The van der Waals surface area contributed by atoms with Crippen molar-refractivity contribution in [2.24, 2.45) is 5.92 Å². The van der Waals surface area contributed by atoms with Crippen LogP contribution in [-0.2, 0) is 0 Å². The van der Waals surface area contributed by atoms with Crippen LogP contribution in [0.1, 0.15) is 44.3 Å². The Morgan fingerprint density at radius 1 is 1.19 bits per heavy atom. The summed E-state index contributed by atoms with van der Waals surface area (Å²) in [7, 11) is 0. The van der Waals surface area contributed by atoms with Crippen LogP contribution in [0, 0.1) is 5.92 Å². The van der Waals surface area contributed by atoms with Gasteiger partial charge in [-0.05, 0) is 34.7 Å². The van der Waals surface area contributed by atoms with E-state index in [1.165, 1.54) is 12.8 Å². The second-order valence-corrected chi connectivity index (χ2v) is 5.96. The van der Waals surface area contributed by atoms with E-state index in [-0.39, 0.29) is 0 Å². The number of hydrogen-bond acceptors (Lipinski definition) is 2. The van der Waals surface area contributed by atoms with Gasteiger partial charge in [0.15, 0.2) is 0 Å². The van der Waals surface area contributed by atoms with E-state index in [0.29, 0.717) is 20.7 Å². The standard InChI is InChI=1S/C11H13BrCl2N2/c1-6-3-2-4-7(5-6)11-15-9(13)8(12)10(14)16-11/h6-7H,2-5H2,1H3. The van der Waals surface area contributed by atoms with E-state index in [0.717, 1.165) is 24.6 Å². The van der Waals surface area contributed by atoms with E-state index in [1.807, 2.05) is 0 Å². The molecule has 2 unspecified atom stereocenters. The lowest BCUT2D eigenvalue weighted by molar-refractivity contribution is 0.335. The van der Waals surface area contributed by atoms with Crippen LogP contribution in [0.25, 0.3) is 0 Å². The van der Waals surface area contributed by atoms with Crippen molar-refractivity contribution in [3.05, 3.63) is 20.6 Å². The molecule has 0 aromatic carbocycles. The Morgan fingerprint density at radius 3 is 2.38 bits per heavy atom. The van der Waals surface area contributed by atoms with Gasteiger partial charge in [-0.2, -0.15) is 0 Å².